The monoisotopic (exact) mass is 656 g/mol. The number of allylic oxidation sites excluding steroid dienone is 1. The maximum absolute atomic E-state index is 7.01. The van der Waals surface area contributed by atoms with Gasteiger partial charge in [-0.05, 0) is 119 Å². The van der Waals surface area contributed by atoms with Gasteiger partial charge in [0, 0.05) is 12.3 Å². The highest BCUT2D eigenvalue weighted by Gasteiger charge is 2.69. The van der Waals surface area contributed by atoms with Gasteiger partial charge in [0.05, 0.1) is 25.4 Å². The summed E-state index contributed by atoms with van der Waals surface area (Å²) < 4.78 is 51.8. The van der Waals surface area contributed by atoms with Crippen molar-refractivity contribution in [2.45, 2.75) is 173 Å². The second kappa shape index (κ2) is 10.7. The van der Waals surface area contributed by atoms with Gasteiger partial charge in [-0.15, -0.1) is 0 Å². The second-order valence-corrected chi connectivity index (χ2v) is 18.7. The molecule has 0 unspecified atom stereocenters. The summed E-state index contributed by atoms with van der Waals surface area (Å²) in [5, 5.41) is 0. The van der Waals surface area contributed by atoms with Gasteiger partial charge in [-0.3, -0.25) is 0 Å². The van der Waals surface area contributed by atoms with Crippen LogP contribution in [0.15, 0.2) is 11.6 Å². The molecule has 8 heteroatoms. The van der Waals surface area contributed by atoms with E-state index in [0.717, 1.165) is 43.6 Å². The zero-order valence-corrected chi connectivity index (χ0v) is 30.1. The van der Waals surface area contributed by atoms with Crippen LogP contribution in [0.2, 0.25) is 0 Å². The zero-order valence-electron chi connectivity index (χ0n) is 30.1. The highest BCUT2D eigenvalue weighted by atomic mass is 16.9. The molecule has 0 aromatic rings. The first-order chi connectivity index (χ1) is 22.2. The summed E-state index contributed by atoms with van der Waals surface area (Å²) in [4.78, 5) is 0. The Bertz CT molecular complexity index is 1270. The molecule has 5 heterocycles. The maximum atomic E-state index is 7.01. The Morgan fingerprint density at radius 3 is 2.36 bits per heavy atom. The van der Waals surface area contributed by atoms with E-state index in [9.17, 15) is 0 Å². The average Bonchev–Trinajstić information content (AvgIpc) is 3.69. The first kappa shape index (κ1) is 32.3. The topological polar surface area (TPSA) is 73.8 Å². The summed E-state index contributed by atoms with van der Waals surface area (Å²) >= 11 is 0. The molecule has 0 aromatic carbocycles. The normalized spacial score (nSPS) is 57.0. The summed E-state index contributed by atoms with van der Waals surface area (Å²) in [7, 11) is 0. The van der Waals surface area contributed by atoms with Gasteiger partial charge in [-0.2, -0.15) is 0 Å². The molecule has 16 atom stereocenters. The minimum absolute atomic E-state index is 0.196. The Labute approximate surface area is 282 Å². The summed E-state index contributed by atoms with van der Waals surface area (Å²) in [6.45, 7) is 19.1. The van der Waals surface area contributed by atoms with Gasteiger partial charge in [-0.25, -0.2) is 0 Å². The molecule has 0 N–H and O–H groups in total. The lowest BCUT2D eigenvalue weighted by molar-refractivity contribution is -0.272. The number of hydrogen-bond acceptors (Lipinski definition) is 8. The van der Waals surface area contributed by atoms with E-state index in [4.69, 9.17) is 37.9 Å². The first-order valence-electron chi connectivity index (χ1n) is 19.2. The van der Waals surface area contributed by atoms with E-state index >= 15 is 0 Å². The van der Waals surface area contributed by atoms with Crippen molar-refractivity contribution in [1.29, 1.82) is 0 Å². The van der Waals surface area contributed by atoms with Crippen LogP contribution in [-0.4, -0.2) is 73.5 Å². The Kier molecular flexibility index (Phi) is 7.38. The molecule has 4 aliphatic carbocycles. The van der Waals surface area contributed by atoms with Crippen molar-refractivity contribution in [3.63, 3.8) is 0 Å². The summed E-state index contributed by atoms with van der Waals surface area (Å²) in [6, 6.07) is 0. The van der Waals surface area contributed by atoms with Crippen molar-refractivity contribution in [3.8, 4) is 0 Å². The molecule has 0 aromatic heterocycles. The fourth-order valence-corrected chi connectivity index (χ4v) is 12.8. The molecule has 5 aliphatic heterocycles. The van der Waals surface area contributed by atoms with Crippen LogP contribution in [0.3, 0.4) is 0 Å². The second-order valence-electron chi connectivity index (χ2n) is 18.7. The Balaban J connectivity index is 0.869. The van der Waals surface area contributed by atoms with Crippen molar-refractivity contribution >= 4 is 0 Å². The molecule has 3 saturated carbocycles. The molecule has 8 nitrogen and oxygen atoms in total. The molecule has 1 spiro atoms. The lowest BCUT2D eigenvalue weighted by atomic mass is 9.47. The fraction of sp³-hybridized carbons (Fsp3) is 0.949. The van der Waals surface area contributed by atoms with Crippen LogP contribution in [0.1, 0.15) is 113 Å². The third-order valence-electron chi connectivity index (χ3n) is 15.1. The molecule has 264 valence electrons. The summed E-state index contributed by atoms with van der Waals surface area (Å²) in [6.07, 6.45) is 12.4. The number of hydrogen-bond donors (Lipinski definition) is 0. The van der Waals surface area contributed by atoms with Crippen LogP contribution in [0, 0.1) is 46.3 Å². The third-order valence-corrected chi connectivity index (χ3v) is 15.1. The minimum atomic E-state index is -0.714. The molecular formula is C39H60O8. The lowest BCUT2D eigenvalue weighted by Gasteiger charge is -2.58. The van der Waals surface area contributed by atoms with Crippen LogP contribution in [0.25, 0.3) is 0 Å². The van der Waals surface area contributed by atoms with Crippen LogP contribution >= 0.6 is 0 Å². The first-order valence-corrected chi connectivity index (χ1v) is 19.2. The van der Waals surface area contributed by atoms with Crippen molar-refractivity contribution in [2.75, 3.05) is 13.2 Å². The quantitative estimate of drug-likeness (QED) is 0.297. The smallest absolute Gasteiger partial charge is 0.190 e. The van der Waals surface area contributed by atoms with E-state index in [1.807, 2.05) is 27.7 Å². The zero-order chi connectivity index (χ0) is 32.7. The molecule has 9 aliphatic rings. The van der Waals surface area contributed by atoms with Gasteiger partial charge < -0.3 is 37.9 Å². The van der Waals surface area contributed by atoms with Gasteiger partial charge in [0.1, 0.15) is 24.4 Å². The SMILES string of the molecule is C[C@@H]1CC[C@@]2(OC1)O[C@H]1C[C@H]3[C@@H]4CC=C5C[C@@H](OC[C@H]6O[C@@H]7OC(C)(C)O[C@@H]7[C@H]7OC(C)(C)O[C@H]76)CC[C@]5(C)[C@H]4CC[C@]3(C)[C@H]1[C@@H]2C. The molecule has 9 rings (SSSR count). The highest BCUT2D eigenvalue weighted by Crippen LogP contribution is 2.70. The van der Waals surface area contributed by atoms with Gasteiger partial charge in [0.2, 0.25) is 0 Å². The van der Waals surface area contributed by atoms with Crippen LogP contribution < -0.4 is 0 Å². The van der Waals surface area contributed by atoms with Crippen molar-refractivity contribution in [2.24, 2.45) is 46.3 Å². The molecule has 0 radical (unpaired) electrons. The standard InChI is InChI=1S/C39H60O8/c1-21-11-16-39(41-19-21)22(2)30-28(43-39)18-27-25-10-9-23-17-24(12-14-37(23,7)26(25)13-15-38(27,30)8)40-20-29-31-32(45-35(3,4)44-31)33-34(42-29)47-36(5,6)46-33/h9,21-22,24-34H,10-20H2,1-8H3/t21-,22+,24+,25-,26+,27+,28+,29-,30+,31+,32+,33-,34-,37+,38+,39-/m1/s1. The van der Waals surface area contributed by atoms with E-state index in [2.05, 4.69) is 33.8 Å². The molecule has 0 bridgehead atoms. The molecule has 0 amide bonds. The summed E-state index contributed by atoms with van der Waals surface area (Å²) in [5.74, 6) is 2.26. The molecule has 47 heavy (non-hydrogen) atoms. The lowest BCUT2D eigenvalue weighted by Crippen LogP contribution is -2.56. The van der Waals surface area contributed by atoms with Gasteiger partial charge in [-0.1, -0.05) is 39.3 Å². The predicted octanol–water partition coefficient (Wildman–Crippen LogP) is 7.13. The van der Waals surface area contributed by atoms with Gasteiger partial charge in [0.25, 0.3) is 0 Å². The molecular weight excluding hydrogens is 596 g/mol. The molecule has 5 saturated heterocycles. The fourth-order valence-electron chi connectivity index (χ4n) is 12.8. The third kappa shape index (κ3) is 4.88. The van der Waals surface area contributed by atoms with Crippen molar-refractivity contribution in [1.82, 2.24) is 0 Å². The average molecular weight is 657 g/mol. The predicted molar refractivity (Wildman–Crippen MR) is 174 cm³/mol. The van der Waals surface area contributed by atoms with E-state index in [0.29, 0.717) is 35.9 Å². The number of rotatable bonds is 3. The Hall–Kier alpha value is -0.580. The number of fused-ring (bicyclic) bond motifs is 10. The van der Waals surface area contributed by atoms with Crippen LogP contribution in [0.4, 0.5) is 0 Å². The minimum Gasteiger partial charge on any atom is -0.375 e. The maximum Gasteiger partial charge on any atom is 0.190 e. The number of ether oxygens (including phenoxy) is 8. The Morgan fingerprint density at radius 2 is 1.57 bits per heavy atom. The van der Waals surface area contributed by atoms with Crippen molar-refractivity contribution in [3.05, 3.63) is 11.6 Å². The van der Waals surface area contributed by atoms with E-state index in [1.165, 1.54) is 38.5 Å². The molecule has 8 fully saturated rings. The van der Waals surface area contributed by atoms with E-state index in [1.54, 1.807) is 5.57 Å². The van der Waals surface area contributed by atoms with E-state index < -0.39 is 17.9 Å². The van der Waals surface area contributed by atoms with Crippen LogP contribution in [-0.2, 0) is 37.9 Å². The van der Waals surface area contributed by atoms with Gasteiger partial charge >= 0.3 is 0 Å². The van der Waals surface area contributed by atoms with Crippen molar-refractivity contribution < 1.29 is 37.9 Å². The summed E-state index contributed by atoms with van der Waals surface area (Å²) in [5.41, 5.74) is 2.26. The van der Waals surface area contributed by atoms with Crippen LogP contribution in [0.5, 0.6) is 0 Å². The Morgan fingerprint density at radius 1 is 0.809 bits per heavy atom. The largest absolute Gasteiger partial charge is 0.375 e. The van der Waals surface area contributed by atoms with Gasteiger partial charge in [0.15, 0.2) is 23.7 Å². The van der Waals surface area contributed by atoms with E-state index in [-0.39, 0.29) is 41.7 Å². The highest BCUT2D eigenvalue weighted by molar-refractivity contribution is 5.26.